The second-order valence-electron chi connectivity index (χ2n) is 8.09. The van der Waals surface area contributed by atoms with Gasteiger partial charge < -0.3 is 19.3 Å². The van der Waals surface area contributed by atoms with Crippen LogP contribution in [0.5, 0.6) is 17.2 Å². The van der Waals surface area contributed by atoms with Crippen molar-refractivity contribution in [1.29, 1.82) is 0 Å². The van der Waals surface area contributed by atoms with Crippen LogP contribution in [0.25, 0.3) is 5.76 Å². The third-order valence-corrected chi connectivity index (χ3v) is 6.04. The number of benzene rings is 3. The first-order chi connectivity index (χ1) is 16.5. The zero-order valence-corrected chi connectivity index (χ0v) is 18.8. The summed E-state index contributed by atoms with van der Waals surface area (Å²) in [6.07, 6.45) is 0. The van der Waals surface area contributed by atoms with Crippen LogP contribution < -0.4 is 19.1 Å². The Hall–Kier alpha value is -4.26. The standard InChI is InChI=1S/C27H23NO6/c1-16-6-3-4-9-20(16)28-24(17-7-5-8-19(14-17)32-2)23(26(30)27(28)31)25(29)18-10-11-21-22(15-18)34-13-12-33-21/h3-11,14-15,24,29H,12-13H2,1-2H3/b25-23-. The van der Waals surface area contributed by atoms with E-state index in [4.69, 9.17) is 14.2 Å². The molecular weight excluding hydrogens is 434 g/mol. The molecule has 2 aliphatic heterocycles. The predicted molar refractivity (Wildman–Crippen MR) is 126 cm³/mol. The molecule has 0 saturated carbocycles. The molecule has 172 valence electrons. The van der Waals surface area contributed by atoms with Gasteiger partial charge in [-0.25, -0.2) is 0 Å². The number of hydrogen-bond donors (Lipinski definition) is 1. The molecule has 0 spiro atoms. The Morgan fingerprint density at radius 1 is 0.971 bits per heavy atom. The van der Waals surface area contributed by atoms with E-state index in [0.717, 1.165) is 5.56 Å². The molecule has 7 heteroatoms. The molecule has 34 heavy (non-hydrogen) atoms. The highest BCUT2D eigenvalue weighted by Gasteiger charge is 2.47. The van der Waals surface area contributed by atoms with Crippen molar-refractivity contribution in [3.63, 3.8) is 0 Å². The molecule has 1 unspecified atom stereocenters. The molecule has 1 fully saturated rings. The second-order valence-corrected chi connectivity index (χ2v) is 8.09. The van der Waals surface area contributed by atoms with Gasteiger partial charge in [0, 0.05) is 11.3 Å². The summed E-state index contributed by atoms with van der Waals surface area (Å²) >= 11 is 0. The van der Waals surface area contributed by atoms with Crippen LogP contribution in [-0.2, 0) is 9.59 Å². The summed E-state index contributed by atoms with van der Waals surface area (Å²) in [7, 11) is 1.55. The molecule has 1 N–H and O–H groups in total. The molecule has 3 aromatic carbocycles. The van der Waals surface area contributed by atoms with Gasteiger partial charge in [-0.15, -0.1) is 0 Å². The minimum absolute atomic E-state index is 0.00168. The van der Waals surface area contributed by atoms with Gasteiger partial charge in [0.05, 0.1) is 18.7 Å². The lowest BCUT2D eigenvalue weighted by molar-refractivity contribution is -0.132. The summed E-state index contributed by atoms with van der Waals surface area (Å²) in [6.45, 7) is 2.70. The van der Waals surface area contributed by atoms with Gasteiger partial charge in [0.1, 0.15) is 24.7 Å². The predicted octanol–water partition coefficient (Wildman–Crippen LogP) is 4.40. The Bertz CT molecular complexity index is 1330. The number of aryl methyl sites for hydroxylation is 1. The zero-order chi connectivity index (χ0) is 23.8. The Kier molecular flexibility index (Phi) is 5.45. The van der Waals surface area contributed by atoms with Crippen LogP contribution in [0.1, 0.15) is 22.7 Å². The van der Waals surface area contributed by atoms with Crippen molar-refractivity contribution in [1.82, 2.24) is 0 Å². The van der Waals surface area contributed by atoms with Crippen LogP contribution in [-0.4, -0.2) is 37.1 Å². The summed E-state index contributed by atoms with van der Waals surface area (Å²) < 4.78 is 16.6. The average Bonchev–Trinajstić information content (AvgIpc) is 3.13. The van der Waals surface area contributed by atoms with Crippen LogP contribution in [0.15, 0.2) is 72.3 Å². The molecule has 3 aromatic rings. The van der Waals surface area contributed by atoms with E-state index >= 15 is 0 Å². The molecule has 0 aliphatic carbocycles. The van der Waals surface area contributed by atoms with Crippen molar-refractivity contribution in [2.45, 2.75) is 13.0 Å². The monoisotopic (exact) mass is 457 g/mol. The zero-order valence-electron chi connectivity index (χ0n) is 18.8. The van der Waals surface area contributed by atoms with E-state index in [1.54, 1.807) is 55.6 Å². The summed E-state index contributed by atoms with van der Waals surface area (Å²) in [6, 6.07) is 18.6. The topological polar surface area (TPSA) is 85.3 Å². The number of anilines is 1. The molecule has 0 radical (unpaired) electrons. The highest BCUT2D eigenvalue weighted by atomic mass is 16.6. The fourth-order valence-electron chi connectivity index (χ4n) is 4.39. The number of fused-ring (bicyclic) bond motifs is 1. The van der Waals surface area contributed by atoms with Crippen molar-refractivity contribution in [3.8, 4) is 17.2 Å². The Balaban J connectivity index is 1.72. The smallest absolute Gasteiger partial charge is 0.300 e. The van der Waals surface area contributed by atoms with Gasteiger partial charge in [-0.05, 0) is 54.4 Å². The number of para-hydroxylation sites is 1. The van der Waals surface area contributed by atoms with Gasteiger partial charge in [-0.3, -0.25) is 14.5 Å². The lowest BCUT2D eigenvalue weighted by Gasteiger charge is -2.27. The first-order valence-electron chi connectivity index (χ1n) is 10.9. The van der Waals surface area contributed by atoms with Crippen LogP contribution >= 0.6 is 0 Å². The largest absolute Gasteiger partial charge is 0.507 e. The third-order valence-electron chi connectivity index (χ3n) is 6.04. The number of carbonyl (C=O) groups is 2. The molecule has 5 rings (SSSR count). The molecule has 1 atom stereocenters. The number of ketones is 1. The molecule has 2 heterocycles. The van der Waals surface area contributed by atoms with Crippen molar-refractivity contribution < 1.29 is 28.9 Å². The van der Waals surface area contributed by atoms with E-state index in [0.29, 0.717) is 47.3 Å². The summed E-state index contributed by atoms with van der Waals surface area (Å²) in [4.78, 5) is 28.1. The molecule has 1 amide bonds. The number of hydrogen-bond acceptors (Lipinski definition) is 6. The number of nitrogens with zero attached hydrogens (tertiary/aromatic N) is 1. The van der Waals surface area contributed by atoms with Crippen LogP contribution in [0.4, 0.5) is 5.69 Å². The van der Waals surface area contributed by atoms with Gasteiger partial charge in [0.25, 0.3) is 11.7 Å². The van der Waals surface area contributed by atoms with Gasteiger partial charge in [-0.2, -0.15) is 0 Å². The van der Waals surface area contributed by atoms with E-state index < -0.39 is 17.7 Å². The maximum absolute atomic E-state index is 13.3. The maximum atomic E-state index is 13.3. The van der Waals surface area contributed by atoms with Gasteiger partial charge in [0.15, 0.2) is 11.5 Å². The van der Waals surface area contributed by atoms with Crippen molar-refractivity contribution in [2.75, 3.05) is 25.2 Å². The second kappa shape index (κ2) is 8.59. The van der Waals surface area contributed by atoms with E-state index in [2.05, 4.69) is 0 Å². The number of rotatable bonds is 4. The Labute approximate surface area is 196 Å². The lowest BCUT2D eigenvalue weighted by atomic mass is 9.94. The first kappa shape index (κ1) is 21.6. The number of aliphatic hydroxyl groups is 1. The minimum atomic E-state index is -0.843. The van der Waals surface area contributed by atoms with Crippen LogP contribution in [0.3, 0.4) is 0 Å². The number of Topliss-reactive ketones (excluding diaryl/α,β-unsaturated/α-hetero) is 1. The SMILES string of the molecule is COc1cccc(C2/C(=C(/O)c3ccc4c(c3)OCCO4)C(=O)C(=O)N2c2ccccc2C)c1. The molecule has 0 bridgehead atoms. The van der Waals surface area contributed by atoms with Crippen molar-refractivity contribution in [3.05, 3.63) is 89.0 Å². The van der Waals surface area contributed by atoms with E-state index in [1.807, 2.05) is 25.1 Å². The highest BCUT2D eigenvalue weighted by molar-refractivity contribution is 6.51. The number of ether oxygens (including phenoxy) is 3. The van der Waals surface area contributed by atoms with Gasteiger partial charge in [0.2, 0.25) is 0 Å². The van der Waals surface area contributed by atoms with E-state index in [9.17, 15) is 14.7 Å². The van der Waals surface area contributed by atoms with Crippen LogP contribution in [0, 0.1) is 6.92 Å². The quantitative estimate of drug-likeness (QED) is 0.355. The number of methoxy groups -OCH3 is 1. The first-order valence-corrected chi connectivity index (χ1v) is 10.9. The summed E-state index contributed by atoms with van der Waals surface area (Å²) in [5.74, 6) is -0.134. The van der Waals surface area contributed by atoms with Gasteiger partial charge in [-0.1, -0.05) is 30.3 Å². The maximum Gasteiger partial charge on any atom is 0.300 e. The van der Waals surface area contributed by atoms with Crippen LogP contribution in [0.2, 0.25) is 0 Å². The summed E-state index contributed by atoms with van der Waals surface area (Å²) in [5.41, 5.74) is 2.43. The number of amides is 1. The Morgan fingerprint density at radius 2 is 1.74 bits per heavy atom. The molecular formula is C27H23NO6. The molecule has 2 aliphatic rings. The molecule has 0 aromatic heterocycles. The Morgan fingerprint density at radius 3 is 2.50 bits per heavy atom. The fourth-order valence-corrected chi connectivity index (χ4v) is 4.39. The number of aliphatic hydroxyl groups excluding tert-OH is 1. The molecule has 7 nitrogen and oxygen atoms in total. The average molecular weight is 457 g/mol. The lowest BCUT2D eigenvalue weighted by Crippen LogP contribution is -2.30. The van der Waals surface area contributed by atoms with E-state index in [-0.39, 0.29) is 11.3 Å². The summed E-state index contributed by atoms with van der Waals surface area (Å²) in [5, 5.41) is 11.4. The minimum Gasteiger partial charge on any atom is -0.507 e. The highest BCUT2D eigenvalue weighted by Crippen LogP contribution is 2.44. The number of carbonyl (C=O) groups excluding carboxylic acids is 2. The van der Waals surface area contributed by atoms with Gasteiger partial charge >= 0.3 is 0 Å². The molecule has 1 saturated heterocycles. The van der Waals surface area contributed by atoms with Crippen molar-refractivity contribution >= 4 is 23.1 Å². The third kappa shape index (κ3) is 3.55. The van der Waals surface area contributed by atoms with Crippen molar-refractivity contribution in [2.24, 2.45) is 0 Å². The normalized spacial score (nSPS) is 18.8. The fraction of sp³-hybridized carbons (Fsp3) is 0.185. The van der Waals surface area contributed by atoms with E-state index in [1.165, 1.54) is 4.90 Å².